The Bertz CT molecular complexity index is 3560. The Morgan fingerprint density at radius 1 is 0.333 bits per heavy atom. The van der Waals surface area contributed by atoms with Gasteiger partial charge < -0.3 is 13.9 Å². The van der Waals surface area contributed by atoms with Crippen molar-refractivity contribution in [3.8, 4) is 50.2 Å². The summed E-state index contributed by atoms with van der Waals surface area (Å²) in [5.41, 5.74) is 17.8. The number of hydrogen-bond donors (Lipinski definition) is 0. The van der Waals surface area contributed by atoms with E-state index >= 15 is 0 Å². The highest BCUT2D eigenvalue weighted by Crippen LogP contribution is 2.48. The minimum absolute atomic E-state index is 0.867. The maximum Gasteiger partial charge on any atom is 0.138 e. The smallest absolute Gasteiger partial charge is 0.138 e. The van der Waals surface area contributed by atoms with Crippen molar-refractivity contribution in [2.24, 2.45) is 0 Å². The standard InChI is InChI=1S/C60H40N2O/c1-5-16-41(17-6-1)43-28-30-45(31-29-43)51-25-15-26-53-58-54(40-56-59(52-24-13-14-27-55(52)63-56)57(58)46-20-9-3-10-21-46)62(60(51)53)50-38-36-49(37-39-50)61(47-22-11-4-12-23-47)48-34-32-44(33-35-48)42-18-7-2-8-19-42/h1-40H. The minimum atomic E-state index is 0.867. The van der Waals surface area contributed by atoms with E-state index in [2.05, 4.69) is 252 Å². The number of anilines is 3. The predicted molar refractivity (Wildman–Crippen MR) is 264 cm³/mol. The van der Waals surface area contributed by atoms with E-state index in [-0.39, 0.29) is 0 Å². The predicted octanol–water partition coefficient (Wildman–Crippen LogP) is 16.8. The van der Waals surface area contributed by atoms with Gasteiger partial charge in [0.25, 0.3) is 0 Å². The number of rotatable bonds is 8. The maximum absolute atomic E-state index is 6.74. The molecular formula is C60H40N2O. The van der Waals surface area contributed by atoms with E-state index in [1.807, 2.05) is 0 Å². The first kappa shape index (κ1) is 36.5. The Hall–Kier alpha value is -8.40. The quantitative estimate of drug-likeness (QED) is 0.153. The summed E-state index contributed by atoms with van der Waals surface area (Å²) in [6.07, 6.45) is 0. The van der Waals surface area contributed by atoms with E-state index in [0.717, 1.165) is 72.4 Å². The van der Waals surface area contributed by atoms with E-state index in [4.69, 9.17) is 4.42 Å². The SMILES string of the molecule is c1ccc(-c2ccc(-c3cccc4c5c(-c6ccccc6)c6c(cc5n(-c5ccc(N(c7ccccc7)c7ccc(-c8ccccc8)cc7)cc5)c34)oc3ccccc36)cc2)cc1. The lowest BCUT2D eigenvalue weighted by atomic mass is 9.93. The van der Waals surface area contributed by atoms with Crippen molar-refractivity contribution in [1.82, 2.24) is 4.57 Å². The molecule has 63 heavy (non-hydrogen) atoms. The molecule has 0 fully saturated rings. The van der Waals surface area contributed by atoms with Gasteiger partial charge >= 0.3 is 0 Å². The molecule has 3 nitrogen and oxygen atoms in total. The molecule has 0 aliphatic carbocycles. The normalized spacial score (nSPS) is 11.5. The highest BCUT2D eigenvalue weighted by atomic mass is 16.3. The third-order valence-corrected chi connectivity index (χ3v) is 12.4. The van der Waals surface area contributed by atoms with Gasteiger partial charge in [-0.15, -0.1) is 0 Å². The number of para-hydroxylation sites is 3. The fourth-order valence-corrected chi connectivity index (χ4v) is 9.50. The Balaban J connectivity index is 1.09. The van der Waals surface area contributed by atoms with Crippen LogP contribution >= 0.6 is 0 Å². The molecule has 0 unspecified atom stereocenters. The van der Waals surface area contributed by atoms with E-state index in [0.29, 0.717) is 0 Å². The van der Waals surface area contributed by atoms with Crippen molar-refractivity contribution in [3.05, 3.63) is 243 Å². The highest BCUT2D eigenvalue weighted by molar-refractivity contribution is 6.28. The highest BCUT2D eigenvalue weighted by Gasteiger charge is 2.25. The summed E-state index contributed by atoms with van der Waals surface area (Å²) >= 11 is 0. The molecule has 0 saturated heterocycles. The molecular weight excluding hydrogens is 765 g/mol. The fraction of sp³-hybridized carbons (Fsp3) is 0. The molecule has 0 amide bonds. The molecule has 0 atom stereocenters. The summed E-state index contributed by atoms with van der Waals surface area (Å²) < 4.78 is 9.20. The Labute approximate surface area is 366 Å². The number of benzene rings is 10. The lowest BCUT2D eigenvalue weighted by Crippen LogP contribution is -2.10. The summed E-state index contributed by atoms with van der Waals surface area (Å²) in [4.78, 5) is 2.33. The third kappa shape index (κ3) is 6.29. The van der Waals surface area contributed by atoms with Crippen LogP contribution < -0.4 is 4.90 Å². The Morgan fingerprint density at radius 2 is 0.810 bits per heavy atom. The second-order valence-corrected chi connectivity index (χ2v) is 16.1. The zero-order valence-electron chi connectivity index (χ0n) is 34.4. The van der Waals surface area contributed by atoms with Crippen molar-refractivity contribution in [3.63, 3.8) is 0 Å². The van der Waals surface area contributed by atoms with E-state index in [9.17, 15) is 0 Å². The monoisotopic (exact) mass is 804 g/mol. The summed E-state index contributed by atoms with van der Waals surface area (Å²) in [5, 5.41) is 4.64. The summed E-state index contributed by atoms with van der Waals surface area (Å²) in [6, 6.07) is 86.9. The van der Waals surface area contributed by atoms with Gasteiger partial charge in [-0.3, -0.25) is 0 Å². The first-order chi connectivity index (χ1) is 31.3. The molecule has 0 radical (unpaired) electrons. The van der Waals surface area contributed by atoms with Crippen LogP contribution in [0.3, 0.4) is 0 Å². The van der Waals surface area contributed by atoms with Crippen LogP contribution in [0.4, 0.5) is 17.1 Å². The Kier molecular flexibility index (Phi) is 8.83. The number of nitrogens with zero attached hydrogens (tertiary/aromatic N) is 2. The number of fused-ring (bicyclic) bond motifs is 6. The van der Waals surface area contributed by atoms with Crippen molar-refractivity contribution in [2.45, 2.75) is 0 Å². The summed E-state index contributed by atoms with van der Waals surface area (Å²) in [6.45, 7) is 0. The molecule has 0 saturated carbocycles. The molecule has 2 aromatic heterocycles. The fourth-order valence-electron chi connectivity index (χ4n) is 9.50. The van der Waals surface area contributed by atoms with Crippen molar-refractivity contribution in [1.29, 1.82) is 0 Å². The summed E-state index contributed by atoms with van der Waals surface area (Å²) in [5.74, 6) is 0. The van der Waals surface area contributed by atoms with Gasteiger partial charge in [-0.05, 0) is 88.0 Å². The molecule has 12 aromatic rings. The van der Waals surface area contributed by atoms with E-state index < -0.39 is 0 Å². The third-order valence-electron chi connectivity index (χ3n) is 12.4. The van der Waals surface area contributed by atoms with Gasteiger partial charge in [0.1, 0.15) is 11.2 Å². The van der Waals surface area contributed by atoms with Gasteiger partial charge in [0.05, 0.1) is 11.0 Å². The van der Waals surface area contributed by atoms with Crippen LogP contribution in [0.15, 0.2) is 247 Å². The molecule has 2 heterocycles. The van der Waals surface area contributed by atoms with Crippen LogP contribution in [-0.2, 0) is 0 Å². The minimum Gasteiger partial charge on any atom is -0.456 e. The average molecular weight is 805 g/mol. The number of hydrogen-bond acceptors (Lipinski definition) is 2. The van der Waals surface area contributed by atoms with Gasteiger partial charge in [-0.1, -0.05) is 182 Å². The lowest BCUT2D eigenvalue weighted by molar-refractivity contribution is 0.669. The largest absolute Gasteiger partial charge is 0.456 e. The zero-order chi connectivity index (χ0) is 41.7. The van der Waals surface area contributed by atoms with Gasteiger partial charge in [0, 0.05) is 61.5 Å². The van der Waals surface area contributed by atoms with Gasteiger partial charge in [0.2, 0.25) is 0 Å². The van der Waals surface area contributed by atoms with Crippen molar-refractivity contribution in [2.75, 3.05) is 4.90 Å². The Morgan fingerprint density at radius 3 is 1.44 bits per heavy atom. The van der Waals surface area contributed by atoms with Gasteiger partial charge in [-0.2, -0.15) is 0 Å². The van der Waals surface area contributed by atoms with Crippen LogP contribution in [0.1, 0.15) is 0 Å². The van der Waals surface area contributed by atoms with Crippen LogP contribution in [0, 0.1) is 0 Å². The molecule has 0 aliphatic rings. The van der Waals surface area contributed by atoms with Crippen molar-refractivity contribution >= 4 is 60.8 Å². The van der Waals surface area contributed by atoms with Crippen LogP contribution in [0.5, 0.6) is 0 Å². The average Bonchev–Trinajstić information content (AvgIpc) is 3.90. The van der Waals surface area contributed by atoms with Crippen LogP contribution in [0.25, 0.3) is 93.9 Å². The molecule has 0 spiro atoms. The van der Waals surface area contributed by atoms with E-state index in [1.165, 1.54) is 38.6 Å². The second kappa shape index (κ2) is 15.3. The maximum atomic E-state index is 6.74. The molecule has 10 aromatic carbocycles. The summed E-state index contributed by atoms with van der Waals surface area (Å²) in [7, 11) is 0. The van der Waals surface area contributed by atoms with Crippen molar-refractivity contribution < 1.29 is 4.42 Å². The first-order valence-electron chi connectivity index (χ1n) is 21.5. The molecule has 0 N–H and O–H groups in total. The lowest BCUT2D eigenvalue weighted by Gasteiger charge is -2.26. The zero-order valence-corrected chi connectivity index (χ0v) is 34.4. The molecule has 0 aliphatic heterocycles. The van der Waals surface area contributed by atoms with Crippen LogP contribution in [0.2, 0.25) is 0 Å². The van der Waals surface area contributed by atoms with E-state index in [1.54, 1.807) is 0 Å². The van der Waals surface area contributed by atoms with Gasteiger partial charge in [-0.25, -0.2) is 0 Å². The first-order valence-corrected chi connectivity index (χ1v) is 21.5. The topological polar surface area (TPSA) is 21.3 Å². The molecule has 296 valence electrons. The number of furan rings is 1. The molecule has 3 heteroatoms. The second-order valence-electron chi connectivity index (χ2n) is 16.1. The van der Waals surface area contributed by atoms with Crippen LogP contribution in [-0.4, -0.2) is 4.57 Å². The van der Waals surface area contributed by atoms with Gasteiger partial charge in [0.15, 0.2) is 0 Å². The number of aromatic nitrogens is 1. The molecule has 0 bridgehead atoms. The molecule has 12 rings (SSSR count).